The number of hydrogen-bond acceptors (Lipinski definition) is 4. The number of pyridine rings is 1. The summed E-state index contributed by atoms with van der Waals surface area (Å²) in [5, 5.41) is 18.7. The second-order valence-electron chi connectivity index (χ2n) is 7.53. The van der Waals surface area contributed by atoms with E-state index in [0.717, 1.165) is 11.1 Å². The molecule has 2 aromatic heterocycles. The van der Waals surface area contributed by atoms with Crippen LogP contribution in [0.15, 0.2) is 67.3 Å². The molecule has 1 aliphatic heterocycles. The Kier molecular flexibility index (Phi) is 5.47. The largest absolute Gasteiger partial charge is 0.619 e. The van der Waals surface area contributed by atoms with Crippen LogP contribution in [0.1, 0.15) is 33.9 Å². The molecule has 4 rings (SSSR count). The van der Waals surface area contributed by atoms with Crippen molar-refractivity contribution in [3.63, 3.8) is 0 Å². The highest BCUT2D eigenvalue weighted by molar-refractivity contribution is 5.93. The molecule has 154 valence electrons. The van der Waals surface area contributed by atoms with Crippen molar-refractivity contribution >= 4 is 11.8 Å². The Morgan fingerprint density at radius 3 is 2.83 bits per heavy atom. The van der Waals surface area contributed by atoms with Gasteiger partial charge in [0.05, 0.1) is 18.8 Å². The molecule has 1 N–H and O–H groups in total. The van der Waals surface area contributed by atoms with Crippen molar-refractivity contribution in [3.05, 3.63) is 89.1 Å². The molecule has 1 aliphatic rings. The molecular formula is C22H23N5O3. The van der Waals surface area contributed by atoms with Crippen LogP contribution in [-0.2, 0) is 11.3 Å². The van der Waals surface area contributed by atoms with Crippen LogP contribution < -0.4 is 10.0 Å². The number of benzene rings is 1. The number of nitrogens with one attached hydrogen (secondary N) is 1. The molecule has 8 nitrogen and oxygen atoms in total. The quantitative estimate of drug-likeness (QED) is 0.497. The molecule has 3 heterocycles. The van der Waals surface area contributed by atoms with Crippen LogP contribution in [0.3, 0.4) is 0 Å². The van der Waals surface area contributed by atoms with Crippen molar-refractivity contribution < 1.29 is 14.3 Å². The molecular weight excluding hydrogens is 382 g/mol. The van der Waals surface area contributed by atoms with E-state index < -0.39 is 0 Å². The first-order valence-electron chi connectivity index (χ1n) is 9.80. The molecule has 30 heavy (non-hydrogen) atoms. The van der Waals surface area contributed by atoms with Gasteiger partial charge in [0.15, 0.2) is 12.4 Å². The van der Waals surface area contributed by atoms with E-state index in [-0.39, 0.29) is 29.3 Å². The molecule has 0 bridgehead atoms. The van der Waals surface area contributed by atoms with Crippen LogP contribution in [0.4, 0.5) is 0 Å². The predicted molar refractivity (Wildman–Crippen MR) is 109 cm³/mol. The van der Waals surface area contributed by atoms with Crippen molar-refractivity contribution in [2.45, 2.75) is 19.0 Å². The minimum absolute atomic E-state index is 0.0344. The first kappa shape index (κ1) is 19.6. The highest BCUT2D eigenvalue weighted by atomic mass is 16.5. The standard InChI is InChI=1S/C22H23N5O3/c1-25-20(28)10-18(11-23-22(29)17-8-5-9-27(30)15-17)21(25)19-12-24-26(14-19)13-16-6-3-2-4-7-16/h2-9,12,14-15,18,21H,10-11,13H2,1H3,(H,23,29)/t18-,21+/m0/s1. The summed E-state index contributed by atoms with van der Waals surface area (Å²) in [6, 6.07) is 13.0. The zero-order valence-corrected chi connectivity index (χ0v) is 16.6. The predicted octanol–water partition coefficient (Wildman–Crippen LogP) is 1.51. The molecule has 3 aromatic rings. The number of amides is 2. The smallest absolute Gasteiger partial charge is 0.257 e. The lowest BCUT2D eigenvalue weighted by Gasteiger charge is -2.24. The number of aromatic nitrogens is 3. The molecule has 2 atom stereocenters. The Morgan fingerprint density at radius 2 is 2.07 bits per heavy atom. The van der Waals surface area contributed by atoms with E-state index in [4.69, 9.17) is 0 Å². The van der Waals surface area contributed by atoms with E-state index in [2.05, 4.69) is 10.4 Å². The summed E-state index contributed by atoms with van der Waals surface area (Å²) < 4.78 is 2.44. The number of rotatable bonds is 6. The van der Waals surface area contributed by atoms with Crippen LogP contribution in [0.5, 0.6) is 0 Å². The lowest BCUT2D eigenvalue weighted by Crippen LogP contribution is -2.34. The molecule has 1 fully saturated rings. The van der Waals surface area contributed by atoms with Gasteiger partial charge in [-0.05, 0) is 11.6 Å². The monoisotopic (exact) mass is 405 g/mol. The molecule has 1 aromatic carbocycles. The maximum atomic E-state index is 12.4. The van der Waals surface area contributed by atoms with Gasteiger partial charge in [0.25, 0.3) is 5.91 Å². The first-order chi connectivity index (χ1) is 14.5. The normalized spacial score (nSPS) is 18.6. The molecule has 0 saturated carbocycles. The fraction of sp³-hybridized carbons (Fsp3) is 0.273. The summed E-state index contributed by atoms with van der Waals surface area (Å²) in [6.45, 7) is 0.979. The van der Waals surface area contributed by atoms with Gasteiger partial charge < -0.3 is 15.4 Å². The number of carbonyl (C=O) groups is 2. The van der Waals surface area contributed by atoms with E-state index in [1.165, 1.54) is 18.5 Å². The van der Waals surface area contributed by atoms with Crippen LogP contribution in [0.2, 0.25) is 0 Å². The minimum atomic E-state index is -0.333. The van der Waals surface area contributed by atoms with Crippen LogP contribution in [-0.4, -0.2) is 40.1 Å². The lowest BCUT2D eigenvalue weighted by atomic mass is 9.95. The van der Waals surface area contributed by atoms with E-state index in [0.29, 0.717) is 24.2 Å². The third kappa shape index (κ3) is 4.17. The summed E-state index contributed by atoms with van der Waals surface area (Å²) >= 11 is 0. The molecule has 8 heteroatoms. The Hall–Kier alpha value is -3.68. The number of carbonyl (C=O) groups excluding carboxylic acids is 2. The fourth-order valence-corrected chi connectivity index (χ4v) is 3.93. The maximum absolute atomic E-state index is 12.4. The van der Waals surface area contributed by atoms with Crippen LogP contribution in [0, 0.1) is 11.1 Å². The van der Waals surface area contributed by atoms with Gasteiger partial charge in [-0.3, -0.25) is 14.3 Å². The fourth-order valence-electron chi connectivity index (χ4n) is 3.93. The summed E-state index contributed by atoms with van der Waals surface area (Å²) in [4.78, 5) is 26.5. The van der Waals surface area contributed by atoms with E-state index in [9.17, 15) is 14.8 Å². The lowest BCUT2D eigenvalue weighted by molar-refractivity contribution is -0.605. The summed E-state index contributed by atoms with van der Waals surface area (Å²) in [7, 11) is 1.78. The second kappa shape index (κ2) is 8.36. The Morgan fingerprint density at radius 1 is 1.27 bits per heavy atom. The van der Waals surface area contributed by atoms with Crippen molar-refractivity contribution in [2.24, 2.45) is 5.92 Å². The molecule has 1 saturated heterocycles. The van der Waals surface area contributed by atoms with Gasteiger partial charge in [0, 0.05) is 43.8 Å². The van der Waals surface area contributed by atoms with Crippen molar-refractivity contribution in [2.75, 3.05) is 13.6 Å². The third-order valence-corrected chi connectivity index (χ3v) is 5.44. The topological polar surface area (TPSA) is 94.2 Å². The third-order valence-electron chi connectivity index (χ3n) is 5.44. The number of nitrogens with zero attached hydrogens (tertiary/aromatic N) is 4. The van der Waals surface area contributed by atoms with E-state index in [1.807, 2.05) is 41.2 Å². The highest BCUT2D eigenvalue weighted by Gasteiger charge is 2.39. The maximum Gasteiger partial charge on any atom is 0.257 e. The van der Waals surface area contributed by atoms with Gasteiger partial charge >= 0.3 is 0 Å². The van der Waals surface area contributed by atoms with Gasteiger partial charge in [-0.25, -0.2) is 0 Å². The van der Waals surface area contributed by atoms with E-state index >= 15 is 0 Å². The SMILES string of the molecule is CN1C(=O)C[C@@H](CNC(=O)c2ccc[n+]([O-])c2)[C@@H]1c1cnn(Cc2ccccc2)c1. The summed E-state index contributed by atoms with van der Waals surface area (Å²) in [6.07, 6.45) is 6.65. The zero-order valence-electron chi connectivity index (χ0n) is 16.6. The molecule has 0 spiro atoms. The Bertz CT molecular complexity index is 1050. The minimum Gasteiger partial charge on any atom is -0.619 e. The zero-order chi connectivity index (χ0) is 21.1. The van der Waals surface area contributed by atoms with E-state index in [1.54, 1.807) is 24.2 Å². The van der Waals surface area contributed by atoms with Crippen molar-refractivity contribution in [3.8, 4) is 0 Å². The molecule has 2 amide bonds. The van der Waals surface area contributed by atoms with Crippen molar-refractivity contribution in [1.82, 2.24) is 20.0 Å². The number of hydrogen-bond donors (Lipinski definition) is 1. The first-order valence-corrected chi connectivity index (χ1v) is 9.80. The molecule has 0 unspecified atom stereocenters. The number of likely N-dealkylation sites (tertiary alicyclic amines) is 1. The van der Waals surface area contributed by atoms with Gasteiger partial charge in [-0.15, -0.1) is 0 Å². The highest BCUT2D eigenvalue weighted by Crippen LogP contribution is 2.36. The van der Waals surface area contributed by atoms with Gasteiger partial charge in [-0.2, -0.15) is 9.83 Å². The van der Waals surface area contributed by atoms with Gasteiger partial charge in [0.1, 0.15) is 5.56 Å². The average Bonchev–Trinajstić information content (AvgIpc) is 3.31. The van der Waals surface area contributed by atoms with Crippen molar-refractivity contribution in [1.29, 1.82) is 0 Å². The van der Waals surface area contributed by atoms with Gasteiger partial charge in [-0.1, -0.05) is 30.3 Å². The Labute approximate surface area is 174 Å². The molecule has 0 aliphatic carbocycles. The molecule has 0 radical (unpaired) electrons. The average molecular weight is 405 g/mol. The van der Waals surface area contributed by atoms with Gasteiger partial charge in [0.2, 0.25) is 5.91 Å². The van der Waals surface area contributed by atoms with Crippen LogP contribution in [0.25, 0.3) is 0 Å². The van der Waals surface area contributed by atoms with Crippen LogP contribution >= 0.6 is 0 Å². The summed E-state index contributed by atoms with van der Waals surface area (Å²) in [5.74, 6) is -0.378. The summed E-state index contributed by atoms with van der Waals surface area (Å²) in [5.41, 5.74) is 2.37. The second-order valence-corrected chi connectivity index (χ2v) is 7.53. The Balaban J connectivity index is 1.46.